The van der Waals surface area contributed by atoms with Crippen LogP contribution in [0.25, 0.3) is 0 Å². The number of nitrogens with one attached hydrogen (secondary N) is 2. The quantitative estimate of drug-likeness (QED) is 0.548. The summed E-state index contributed by atoms with van der Waals surface area (Å²) < 4.78 is 28.3. The second-order valence-corrected chi connectivity index (χ2v) is 9.59. The highest BCUT2D eigenvalue weighted by molar-refractivity contribution is 7.97. The Morgan fingerprint density at radius 1 is 0.939 bits per heavy atom. The first kappa shape index (κ1) is 22.3. The van der Waals surface area contributed by atoms with Gasteiger partial charge < -0.3 is 10.6 Å². The Bertz CT molecular complexity index is 1350. The van der Waals surface area contributed by atoms with Gasteiger partial charge in [-0.05, 0) is 48.9 Å². The zero-order valence-corrected chi connectivity index (χ0v) is 19.0. The van der Waals surface area contributed by atoms with E-state index in [1.807, 2.05) is 31.2 Å². The molecule has 168 valence electrons. The summed E-state index contributed by atoms with van der Waals surface area (Å²) in [5, 5.41) is 5.56. The van der Waals surface area contributed by atoms with E-state index in [9.17, 15) is 18.0 Å². The zero-order chi connectivity index (χ0) is 23.6. The predicted molar refractivity (Wildman–Crippen MR) is 130 cm³/mol. The Balaban J connectivity index is 1.69. The van der Waals surface area contributed by atoms with E-state index < -0.39 is 15.8 Å². The van der Waals surface area contributed by atoms with Gasteiger partial charge in [-0.15, -0.1) is 0 Å². The van der Waals surface area contributed by atoms with Crippen LogP contribution in [-0.4, -0.2) is 20.1 Å². The minimum atomic E-state index is -4.10. The van der Waals surface area contributed by atoms with Crippen molar-refractivity contribution in [2.24, 2.45) is 0 Å². The van der Waals surface area contributed by atoms with E-state index in [0.29, 0.717) is 22.6 Å². The number of allylic oxidation sites excluding steroid dienone is 1. The van der Waals surface area contributed by atoms with E-state index in [2.05, 4.69) is 10.6 Å². The average molecular weight is 462 g/mol. The van der Waals surface area contributed by atoms with Gasteiger partial charge in [0.15, 0.2) is 4.91 Å². The number of rotatable bonds is 5. The number of amides is 1. The lowest BCUT2D eigenvalue weighted by Gasteiger charge is -2.31. The number of sulfonamides is 1. The maximum Gasteiger partial charge on any atom is 0.270 e. The molecule has 1 amide bonds. The largest absolute Gasteiger partial charge is 0.360 e. The van der Waals surface area contributed by atoms with E-state index in [0.717, 1.165) is 11.1 Å². The van der Waals surface area contributed by atoms with Gasteiger partial charge in [0.2, 0.25) is 11.7 Å². The lowest BCUT2D eigenvalue weighted by molar-refractivity contribution is -0.114. The van der Waals surface area contributed by atoms with E-state index in [1.165, 1.54) is 17.4 Å². The van der Waals surface area contributed by atoms with Crippen LogP contribution < -0.4 is 14.9 Å². The maximum absolute atomic E-state index is 13.5. The first-order chi connectivity index (χ1) is 15.8. The highest BCUT2D eigenvalue weighted by atomic mass is 32.2. The van der Waals surface area contributed by atoms with Gasteiger partial charge in [-0.2, -0.15) is 0 Å². The summed E-state index contributed by atoms with van der Waals surface area (Å²) in [6, 6.07) is 21.0. The molecule has 1 aliphatic heterocycles. The van der Waals surface area contributed by atoms with Crippen LogP contribution in [0.1, 0.15) is 28.4 Å². The fraction of sp³-hybridized carbons (Fsp3) is 0.120. The summed E-state index contributed by atoms with van der Waals surface area (Å²) in [7, 11) is -4.10. The highest BCUT2D eigenvalue weighted by Gasteiger charge is 2.40. The maximum atomic E-state index is 13.5. The van der Waals surface area contributed by atoms with Crippen LogP contribution in [0.4, 0.5) is 17.1 Å². The van der Waals surface area contributed by atoms with Gasteiger partial charge in [-0.3, -0.25) is 13.9 Å². The molecule has 0 fully saturated rings. The van der Waals surface area contributed by atoms with Crippen molar-refractivity contribution in [1.29, 1.82) is 0 Å². The second-order valence-electron chi connectivity index (χ2n) is 7.76. The van der Waals surface area contributed by atoms with Crippen LogP contribution in [-0.2, 0) is 21.4 Å². The van der Waals surface area contributed by atoms with Gasteiger partial charge in [0, 0.05) is 30.1 Å². The number of Topliss-reactive ketones (excluding diaryl/α,β-unsaturated/α-hetero) is 1. The summed E-state index contributed by atoms with van der Waals surface area (Å²) >= 11 is 0. The Morgan fingerprint density at radius 3 is 2.24 bits per heavy atom. The highest BCUT2D eigenvalue weighted by Crippen LogP contribution is 2.36. The second kappa shape index (κ2) is 8.91. The van der Waals surface area contributed by atoms with Crippen LogP contribution >= 0.6 is 0 Å². The Kier molecular flexibility index (Phi) is 6.02. The third-order valence-electron chi connectivity index (χ3n) is 5.23. The third-order valence-corrected chi connectivity index (χ3v) is 7.00. The topological polar surface area (TPSA) is 95.6 Å². The predicted octanol–water partition coefficient (Wildman–Crippen LogP) is 4.44. The first-order valence-corrected chi connectivity index (χ1v) is 11.8. The minimum absolute atomic E-state index is 0.107. The molecule has 1 aliphatic rings. The molecule has 3 aromatic rings. The summed E-state index contributed by atoms with van der Waals surface area (Å²) in [5.74, 6) is -0.753. The van der Waals surface area contributed by atoms with Gasteiger partial charge in [-0.25, -0.2) is 8.42 Å². The van der Waals surface area contributed by atoms with Gasteiger partial charge in [0.05, 0.1) is 12.2 Å². The summed E-state index contributed by atoms with van der Waals surface area (Å²) in [5.41, 5.74) is 3.76. The van der Waals surface area contributed by atoms with Gasteiger partial charge in [0.25, 0.3) is 10.0 Å². The van der Waals surface area contributed by atoms with Crippen molar-refractivity contribution in [2.45, 2.75) is 20.4 Å². The normalized spacial score (nSPS) is 15.8. The molecule has 0 unspecified atom stereocenters. The molecule has 1 heterocycles. The molecule has 0 saturated carbocycles. The number of carbonyl (C=O) groups is 2. The molecule has 0 radical (unpaired) electrons. The molecule has 2 N–H and O–H groups in total. The number of para-hydroxylation sites is 1. The number of benzene rings is 3. The molecule has 0 aliphatic carbocycles. The van der Waals surface area contributed by atoms with Crippen molar-refractivity contribution < 1.29 is 18.0 Å². The number of aryl methyl sites for hydroxylation is 1. The number of hydrogen-bond acceptors (Lipinski definition) is 5. The molecule has 0 saturated heterocycles. The van der Waals surface area contributed by atoms with Gasteiger partial charge in [-0.1, -0.05) is 42.0 Å². The van der Waals surface area contributed by atoms with E-state index in [1.54, 1.807) is 48.5 Å². The van der Waals surface area contributed by atoms with Crippen molar-refractivity contribution in [1.82, 2.24) is 0 Å². The summed E-state index contributed by atoms with van der Waals surface area (Å²) in [6.45, 7) is 3.48. The van der Waals surface area contributed by atoms with Crippen molar-refractivity contribution in [3.05, 3.63) is 101 Å². The number of ketones is 1. The molecule has 4 rings (SSSR count). The molecular formula is C25H23N3O4S. The SMILES string of the molecule is CC(=O)Nc1ccc(N/C=C2\C(=O)c3ccccc3N(Cc3ccc(C)cc3)S2(=O)=O)cc1. The summed E-state index contributed by atoms with van der Waals surface area (Å²) in [6.07, 6.45) is 1.23. The Morgan fingerprint density at radius 2 is 1.58 bits per heavy atom. The first-order valence-electron chi connectivity index (χ1n) is 10.3. The average Bonchev–Trinajstić information content (AvgIpc) is 2.78. The van der Waals surface area contributed by atoms with E-state index >= 15 is 0 Å². The molecule has 0 atom stereocenters. The molecule has 0 spiro atoms. The Labute approximate surface area is 192 Å². The fourth-order valence-corrected chi connectivity index (χ4v) is 5.08. The van der Waals surface area contributed by atoms with Crippen molar-refractivity contribution >= 4 is 38.8 Å². The molecule has 0 aromatic heterocycles. The number of anilines is 3. The smallest absolute Gasteiger partial charge is 0.270 e. The Hall–Kier alpha value is -3.91. The summed E-state index contributed by atoms with van der Waals surface area (Å²) in [4.78, 5) is 23.9. The van der Waals surface area contributed by atoms with Crippen LogP contribution in [0.15, 0.2) is 83.9 Å². The monoisotopic (exact) mass is 461 g/mol. The van der Waals surface area contributed by atoms with E-state index in [4.69, 9.17) is 0 Å². The number of carbonyl (C=O) groups excluding carboxylic acids is 2. The minimum Gasteiger partial charge on any atom is -0.360 e. The van der Waals surface area contributed by atoms with Crippen molar-refractivity contribution in [3.8, 4) is 0 Å². The standard InChI is InChI=1S/C25H23N3O4S/c1-17-7-9-19(10-8-17)16-28-23-6-4-3-5-22(23)25(30)24(33(28,31)32)15-26-20-11-13-21(14-12-20)27-18(2)29/h3-15,26H,16H2,1-2H3,(H,27,29)/b24-15+. The zero-order valence-electron chi connectivity index (χ0n) is 18.2. The van der Waals surface area contributed by atoms with Crippen LogP contribution in [0, 0.1) is 6.92 Å². The van der Waals surface area contributed by atoms with Crippen LogP contribution in [0.5, 0.6) is 0 Å². The number of fused-ring (bicyclic) bond motifs is 1. The third kappa shape index (κ3) is 4.65. The van der Waals surface area contributed by atoms with Crippen molar-refractivity contribution in [2.75, 3.05) is 14.9 Å². The number of nitrogens with zero attached hydrogens (tertiary/aromatic N) is 1. The van der Waals surface area contributed by atoms with E-state index in [-0.39, 0.29) is 17.4 Å². The molecule has 33 heavy (non-hydrogen) atoms. The number of hydrogen-bond donors (Lipinski definition) is 2. The van der Waals surface area contributed by atoms with Crippen molar-refractivity contribution in [3.63, 3.8) is 0 Å². The molecular weight excluding hydrogens is 438 g/mol. The molecule has 0 bridgehead atoms. The van der Waals surface area contributed by atoms with Gasteiger partial charge >= 0.3 is 0 Å². The fourth-order valence-electron chi connectivity index (χ4n) is 3.55. The molecule has 3 aromatic carbocycles. The lowest BCUT2D eigenvalue weighted by Crippen LogP contribution is -2.39. The lowest BCUT2D eigenvalue weighted by atomic mass is 10.1. The van der Waals surface area contributed by atoms with Crippen LogP contribution in [0.3, 0.4) is 0 Å². The molecule has 7 nitrogen and oxygen atoms in total. The molecule has 8 heteroatoms. The van der Waals surface area contributed by atoms with Gasteiger partial charge in [0.1, 0.15) is 0 Å². The van der Waals surface area contributed by atoms with Crippen LogP contribution in [0.2, 0.25) is 0 Å².